The number of nitrogens with one attached hydrogen (secondary N) is 3. The number of piperidine rings is 1. The van der Waals surface area contributed by atoms with Crippen LogP contribution in [0.5, 0.6) is 11.5 Å². The average molecular weight is 1050 g/mol. The lowest BCUT2D eigenvalue weighted by Gasteiger charge is -2.58. The average Bonchev–Trinajstić information content (AvgIpc) is 4.06. The van der Waals surface area contributed by atoms with E-state index in [4.69, 9.17) is 4.74 Å². The molecular weight excluding hydrogens is 976 g/mol. The number of anilines is 2. The van der Waals surface area contributed by atoms with E-state index < -0.39 is 42.9 Å². The monoisotopic (exact) mass is 1040 g/mol. The van der Waals surface area contributed by atoms with Crippen LogP contribution in [0.4, 0.5) is 21.5 Å². The molecule has 4 N–H and O–H groups in total. The zero-order valence-corrected chi connectivity index (χ0v) is 44.3. The van der Waals surface area contributed by atoms with Crippen molar-refractivity contribution in [3.63, 3.8) is 0 Å². The molecule has 2 saturated heterocycles. The van der Waals surface area contributed by atoms with Crippen LogP contribution in [0.2, 0.25) is 0 Å². The van der Waals surface area contributed by atoms with E-state index in [2.05, 4.69) is 88.3 Å². The van der Waals surface area contributed by atoms with Gasteiger partial charge in [-0.25, -0.2) is 22.5 Å². The van der Waals surface area contributed by atoms with Gasteiger partial charge in [0.25, 0.3) is 21.6 Å². The number of piperazine rings is 1. The molecule has 398 valence electrons. The molecule has 6 aromatic rings. The molecule has 2 aliphatic carbocycles. The first-order valence-corrected chi connectivity index (χ1v) is 27.9. The lowest BCUT2D eigenvalue weighted by atomic mass is 9.59. The van der Waals surface area contributed by atoms with Crippen LogP contribution in [0.25, 0.3) is 11.0 Å². The van der Waals surface area contributed by atoms with Crippen molar-refractivity contribution >= 4 is 44.0 Å². The number of fused-ring (bicyclic) bond motifs is 1. The Morgan fingerprint density at radius 3 is 2.47 bits per heavy atom. The van der Waals surface area contributed by atoms with Gasteiger partial charge in [0, 0.05) is 99.4 Å². The van der Waals surface area contributed by atoms with E-state index in [1.807, 2.05) is 20.5 Å². The maximum atomic E-state index is 16.6. The maximum absolute atomic E-state index is 16.6. The number of sulfonamides is 1. The summed E-state index contributed by atoms with van der Waals surface area (Å²) in [7, 11) is -4.72. The van der Waals surface area contributed by atoms with Crippen molar-refractivity contribution in [2.24, 2.45) is 11.3 Å². The molecule has 3 aromatic carbocycles. The molecule has 1 amide bonds. The van der Waals surface area contributed by atoms with Crippen LogP contribution in [0.15, 0.2) is 96.4 Å². The fraction of sp³-hybridized carbons (Fsp3) is 0.482. The van der Waals surface area contributed by atoms with Gasteiger partial charge >= 0.3 is 0 Å². The highest BCUT2D eigenvalue weighted by Crippen LogP contribution is 2.54. The van der Waals surface area contributed by atoms with Gasteiger partial charge in [0.05, 0.1) is 39.1 Å². The lowest BCUT2D eigenvalue weighted by Crippen LogP contribution is -2.60. The van der Waals surface area contributed by atoms with E-state index in [0.717, 1.165) is 82.2 Å². The summed E-state index contributed by atoms with van der Waals surface area (Å²) in [5, 5.41) is 31.0. The Bertz CT molecular complexity index is 3170. The van der Waals surface area contributed by atoms with Gasteiger partial charge in [0.1, 0.15) is 28.7 Å². The summed E-state index contributed by atoms with van der Waals surface area (Å²) < 4.78 is 54.6. The third kappa shape index (κ3) is 11.3. The highest BCUT2D eigenvalue weighted by Gasteiger charge is 2.50. The summed E-state index contributed by atoms with van der Waals surface area (Å²) in [4.78, 5) is 39.9. The van der Waals surface area contributed by atoms with Crippen molar-refractivity contribution in [2.45, 2.75) is 127 Å². The van der Waals surface area contributed by atoms with Crippen LogP contribution in [-0.2, 0) is 16.6 Å². The predicted molar refractivity (Wildman–Crippen MR) is 286 cm³/mol. The number of pyridine rings is 1. The molecule has 2 saturated carbocycles. The zero-order chi connectivity index (χ0) is 52.8. The van der Waals surface area contributed by atoms with Crippen LogP contribution in [-0.4, -0.2) is 105 Å². The molecular formula is C56H69FN10O7S. The second kappa shape index (κ2) is 21.0. The molecule has 4 aliphatic rings. The number of H-pyrrole nitrogens is 1. The van der Waals surface area contributed by atoms with Gasteiger partial charge in [-0.3, -0.25) is 29.4 Å². The smallest absolute Gasteiger partial charge is 0.293 e. The Morgan fingerprint density at radius 1 is 0.987 bits per heavy atom. The Morgan fingerprint density at radius 2 is 1.75 bits per heavy atom. The minimum absolute atomic E-state index is 0.0878. The van der Waals surface area contributed by atoms with Crippen molar-refractivity contribution in [3.05, 3.63) is 130 Å². The number of carbonyl (C=O) groups is 1. The molecule has 17 nitrogen and oxygen atoms in total. The van der Waals surface area contributed by atoms with Crippen molar-refractivity contribution in [1.82, 2.24) is 34.3 Å². The molecule has 4 fully saturated rings. The Balaban J connectivity index is 0.844. The van der Waals surface area contributed by atoms with Crippen LogP contribution in [0.1, 0.15) is 131 Å². The van der Waals surface area contributed by atoms with Gasteiger partial charge in [-0.15, -0.1) is 0 Å². The first kappa shape index (κ1) is 52.0. The molecule has 0 unspecified atom stereocenters. The number of nitrogens with zero attached hydrogens (tertiary/aromatic N) is 7. The third-order valence-electron chi connectivity index (χ3n) is 16.4. The van der Waals surface area contributed by atoms with E-state index in [-0.39, 0.29) is 45.8 Å². The van der Waals surface area contributed by atoms with E-state index in [0.29, 0.717) is 56.1 Å². The van der Waals surface area contributed by atoms with Crippen molar-refractivity contribution in [1.29, 1.82) is 0 Å². The first-order valence-electron chi connectivity index (χ1n) is 26.4. The SMILES string of the molecule is CC(C)c1ccccc1[C@@H]1CN(Cc2cnn(C(C)C)c2)CCN1C1CC2(CCN(c3cc(Oc4cnc5[nH]ccc5c4)c(C(=O)NS(=O)(=O)c4ccc(NC[C@H]5CC[C@](C)(O)CC5)c([N+](=O)[O-])c4)cc3F)CC2)C1. The fourth-order valence-corrected chi connectivity index (χ4v) is 13.0. The van der Waals surface area contributed by atoms with Gasteiger partial charge in [-0.05, 0) is 131 Å². The standard InChI is InChI=1S/C56H69FN10O7S/c1-36(2)44-8-6-7-9-45(44)51-35-63(33-39-31-61-66(34-39)37(3)4)22-23-65(51)41-28-56(29-41)17-20-64(21-18-56)49-27-52(74-42-24-40-14-19-58-53(40)60-32-42)46(26-47(49)57)54(68)62-75(72,73)43-10-11-48(50(25-43)67(70)71)59-30-38-12-15-55(5,69)16-13-38/h6-11,14,19,24-27,31-32,34,36-38,41,51,59,69H,12-13,15-18,20-23,28-30,33,35H2,1-5H3,(H,58,60)(H,62,68)/t38-,51-,55-/m0/s1. The number of nitro benzene ring substituents is 1. The second-order valence-corrected chi connectivity index (χ2v) is 24.1. The minimum Gasteiger partial charge on any atom is -0.455 e. The summed E-state index contributed by atoms with van der Waals surface area (Å²) in [6.45, 7) is 15.9. The number of amides is 1. The third-order valence-corrected chi connectivity index (χ3v) is 17.7. The van der Waals surface area contributed by atoms with Gasteiger partial charge in [0.2, 0.25) is 0 Å². The number of carbonyl (C=O) groups excluding carboxylic acids is 1. The van der Waals surface area contributed by atoms with E-state index in [9.17, 15) is 28.4 Å². The number of aromatic amines is 1. The van der Waals surface area contributed by atoms with E-state index >= 15 is 4.39 Å². The van der Waals surface area contributed by atoms with E-state index in [1.165, 1.54) is 41.1 Å². The summed E-state index contributed by atoms with van der Waals surface area (Å²) in [6.07, 6.45) is 13.8. The number of aromatic nitrogens is 4. The first-order chi connectivity index (χ1) is 35.8. The molecule has 75 heavy (non-hydrogen) atoms. The predicted octanol–water partition coefficient (Wildman–Crippen LogP) is 10.1. The molecule has 19 heteroatoms. The van der Waals surface area contributed by atoms with Crippen molar-refractivity contribution < 1.29 is 32.4 Å². The Labute approximate surface area is 438 Å². The molecule has 5 heterocycles. The summed E-state index contributed by atoms with van der Waals surface area (Å²) >= 11 is 0. The normalized spacial score (nSPS) is 21.7. The van der Waals surface area contributed by atoms with Crippen molar-refractivity contribution in [2.75, 3.05) is 49.5 Å². The molecule has 10 rings (SSSR count). The minimum atomic E-state index is -4.72. The van der Waals surface area contributed by atoms with Gasteiger partial charge in [-0.1, -0.05) is 38.1 Å². The number of halogens is 1. The van der Waals surface area contributed by atoms with Crippen molar-refractivity contribution in [3.8, 4) is 11.5 Å². The molecule has 1 spiro atoms. The molecule has 0 bridgehead atoms. The number of hydrogen-bond donors (Lipinski definition) is 4. The summed E-state index contributed by atoms with van der Waals surface area (Å²) in [5.41, 5.74) is 3.46. The van der Waals surface area contributed by atoms with E-state index in [1.54, 1.807) is 25.3 Å². The number of rotatable bonds is 16. The molecule has 3 aromatic heterocycles. The molecule has 0 radical (unpaired) electrons. The zero-order valence-electron chi connectivity index (χ0n) is 43.5. The second-order valence-electron chi connectivity index (χ2n) is 22.4. The number of hydrogen-bond acceptors (Lipinski definition) is 13. The van der Waals surface area contributed by atoms with Gasteiger partial charge in [-0.2, -0.15) is 5.10 Å². The highest BCUT2D eigenvalue weighted by atomic mass is 32.2. The fourth-order valence-electron chi connectivity index (χ4n) is 12.0. The Kier molecular flexibility index (Phi) is 14.5. The van der Waals surface area contributed by atoms with Crippen LogP contribution in [0, 0.1) is 27.3 Å². The maximum Gasteiger partial charge on any atom is 0.293 e. The van der Waals surface area contributed by atoms with Gasteiger partial charge < -0.3 is 25.0 Å². The number of nitro groups is 1. The number of ether oxygens (including phenoxy) is 1. The largest absolute Gasteiger partial charge is 0.455 e. The topological polar surface area (TPSA) is 204 Å². The number of benzene rings is 3. The summed E-state index contributed by atoms with van der Waals surface area (Å²) in [6, 6.07) is 19.2. The van der Waals surface area contributed by atoms with Crippen LogP contribution < -0.4 is 19.7 Å². The van der Waals surface area contributed by atoms with Crippen LogP contribution in [0.3, 0.4) is 0 Å². The van der Waals surface area contributed by atoms with Gasteiger partial charge in [0.15, 0.2) is 0 Å². The Hall–Kier alpha value is -6.41. The quantitative estimate of drug-likeness (QED) is 0.0527. The molecule has 1 atom stereocenters. The van der Waals surface area contributed by atoms with Crippen LogP contribution >= 0.6 is 0 Å². The highest BCUT2D eigenvalue weighted by molar-refractivity contribution is 7.90. The lowest BCUT2D eigenvalue weighted by molar-refractivity contribution is -0.384. The number of aliphatic hydroxyl groups is 1. The summed E-state index contributed by atoms with van der Waals surface area (Å²) in [5.74, 6) is -1.20. The molecule has 2 aliphatic heterocycles.